The van der Waals surface area contributed by atoms with Crippen LogP contribution in [0.4, 0.5) is 0 Å². The van der Waals surface area contributed by atoms with Crippen molar-refractivity contribution in [3.63, 3.8) is 0 Å². The second kappa shape index (κ2) is 6.23. The van der Waals surface area contributed by atoms with E-state index in [4.69, 9.17) is 4.42 Å². The molecule has 6 heteroatoms. The van der Waals surface area contributed by atoms with Crippen molar-refractivity contribution in [1.82, 2.24) is 9.55 Å². The molecular weight excluding hydrogens is 380 g/mol. The zero-order valence-corrected chi connectivity index (χ0v) is 17.0. The SMILES string of the molecule is CC(C)(C)[C@@H]1Cc2c(cc(-c3ccoc3)c3cc[nH]c23)-c2cc(=O)c(C(=O)O)cn21. The number of furan rings is 1. The van der Waals surface area contributed by atoms with Crippen molar-refractivity contribution in [2.45, 2.75) is 33.2 Å². The first-order chi connectivity index (χ1) is 14.3. The van der Waals surface area contributed by atoms with Gasteiger partial charge in [-0.1, -0.05) is 20.8 Å². The maximum Gasteiger partial charge on any atom is 0.341 e. The Morgan fingerprint density at radius 1 is 1.23 bits per heavy atom. The van der Waals surface area contributed by atoms with E-state index in [1.165, 1.54) is 12.3 Å². The third-order valence-corrected chi connectivity index (χ3v) is 6.10. The van der Waals surface area contributed by atoms with Crippen molar-refractivity contribution >= 4 is 16.9 Å². The van der Waals surface area contributed by atoms with Gasteiger partial charge in [-0.3, -0.25) is 4.79 Å². The molecule has 1 aromatic carbocycles. The third-order valence-electron chi connectivity index (χ3n) is 6.10. The fourth-order valence-corrected chi connectivity index (χ4v) is 4.58. The Balaban J connectivity index is 1.88. The minimum absolute atomic E-state index is 0.00461. The lowest BCUT2D eigenvalue weighted by molar-refractivity contribution is 0.0693. The van der Waals surface area contributed by atoms with Crippen LogP contribution in [-0.2, 0) is 6.42 Å². The molecule has 5 rings (SSSR count). The van der Waals surface area contributed by atoms with Crippen molar-refractivity contribution in [2.24, 2.45) is 5.41 Å². The predicted octanol–water partition coefficient (Wildman–Crippen LogP) is 5.10. The van der Waals surface area contributed by atoms with Crippen LogP contribution >= 0.6 is 0 Å². The molecule has 4 heterocycles. The Morgan fingerprint density at radius 2 is 2.03 bits per heavy atom. The van der Waals surface area contributed by atoms with Crippen LogP contribution in [-0.4, -0.2) is 20.6 Å². The van der Waals surface area contributed by atoms with E-state index in [0.717, 1.165) is 45.3 Å². The summed E-state index contributed by atoms with van der Waals surface area (Å²) in [6, 6.07) is 7.52. The van der Waals surface area contributed by atoms with E-state index in [2.05, 4.69) is 37.9 Å². The molecule has 2 N–H and O–H groups in total. The predicted molar refractivity (Wildman–Crippen MR) is 115 cm³/mol. The number of carboxylic acids is 1. The lowest BCUT2D eigenvalue weighted by atomic mass is 9.77. The van der Waals surface area contributed by atoms with Crippen molar-refractivity contribution in [3.05, 3.63) is 70.5 Å². The number of aromatic carboxylic acids is 1. The summed E-state index contributed by atoms with van der Waals surface area (Å²) in [5, 5.41) is 10.6. The molecule has 3 aromatic heterocycles. The summed E-state index contributed by atoms with van der Waals surface area (Å²) in [6.07, 6.45) is 7.51. The highest BCUT2D eigenvalue weighted by molar-refractivity contribution is 6.01. The quantitative estimate of drug-likeness (QED) is 0.488. The smallest absolute Gasteiger partial charge is 0.341 e. The van der Waals surface area contributed by atoms with Crippen LogP contribution in [0.15, 0.2) is 58.4 Å². The van der Waals surface area contributed by atoms with Gasteiger partial charge in [-0.25, -0.2) is 4.79 Å². The first-order valence-corrected chi connectivity index (χ1v) is 9.91. The van der Waals surface area contributed by atoms with Gasteiger partial charge in [-0.15, -0.1) is 0 Å². The van der Waals surface area contributed by atoms with Crippen LogP contribution < -0.4 is 5.43 Å². The van der Waals surface area contributed by atoms with E-state index < -0.39 is 11.4 Å². The molecule has 6 nitrogen and oxygen atoms in total. The molecule has 0 spiro atoms. The van der Waals surface area contributed by atoms with Gasteiger partial charge in [-0.2, -0.15) is 0 Å². The van der Waals surface area contributed by atoms with Gasteiger partial charge in [0, 0.05) is 46.5 Å². The van der Waals surface area contributed by atoms with Gasteiger partial charge in [0.15, 0.2) is 5.43 Å². The monoisotopic (exact) mass is 402 g/mol. The van der Waals surface area contributed by atoms with Crippen molar-refractivity contribution in [2.75, 3.05) is 0 Å². The normalized spacial score (nSPS) is 15.8. The average Bonchev–Trinajstić information content (AvgIpc) is 3.37. The summed E-state index contributed by atoms with van der Waals surface area (Å²) in [5.74, 6) is -1.20. The number of benzene rings is 1. The van der Waals surface area contributed by atoms with E-state index in [1.54, 1.807) is 12.5 Å². The molecule has 1 aliphatic heterocycles. The first-order valence-electron chi connectivity index (χ1n) is 9.91. The van der Waals surface area contributed by atoms with Gasteiger partial charge < -0.3 is 19.1 Å². The first kappa shape index (κ1) is 18.5. The topological polar surface area (TPSA) is 88.2 Å². The summed E-state index contributed by atoms with van der Waals surface area (Å²) in [5.41, 5.74) is 5.01. The van der Waals surface area contributed by atoms with E-state index >= 15 is 0 Å². The molecule has 0 saturated carbocycles. The van der Waals surface area contributed by atoms with Gasteiger partial charge in [0.25, 0.3) is 0 Å². The van der Waals surface area contributed by atoms with Crippen LogP contribution in [0.5, 0.6) is 0 Å². The van der Waals surface area contributed by atoms with Gasteiger partial charge in [0.1, 0.15) is 5.56 Å². The van der Waals surface area contributed by atoms with Crippen molar-refractivity contribution < 1.29 is 14.3 Å². The van der Waals surface area contributed by atoms with Crippen LogP contribution in [0.1, 0.15) is 42.7 Å². The fourth-order valence-electron chi connectivity index (χ4n) is 4.58. The Kier molecular flexibility index (Phi) is 3.84. The second-order valence-electron chi connectivity index (χ2n) is 8.96. The molecule has 4 aromatic rings. The number of carbonyl (C=O) groups is 1. The molecule has 0 aliphatic carbocycles. The number of fused-ring (bicyclic) bond motifs is 5. The average molecular weight is 402 g/mol. The van der Waals surface area contributed by atoms with Gasteiger partial charge in [-0.05, 0) is 41.2 Å². The standard InChI is InChI=1S/C24H22N2O4/c1-24(2,3)21-9-17-16(19-10-20(27)18(23(28)29)11-26(19)21)8-15(13-5-7-30-12-13)14-4-6-25-22(14)17/h4-8,10-12,21,25H,9H2,1-3H3,(H,28,29)/t21-/m0/s1. The number of aromatic amines is 1. The number of pyridine rings is 1. The molecule has 1 atom stereocenters. The number of nitrogens with zero attached hydrogens (tertiary/aromatic N) is 1. The Morgan fingerprint density at radius 3 is 2.70 bits per heavy atom. The number of carboxylic acid groups (broad SMARTS) is 1. The molecule has 0 unspecified atom stereocenters. The fraction of sp³-hybridized carbons (Fsp3) is 0.250. The Labute approximate surface area is 172 Å². The Hall–Kier alpha value is -3.54. The molecule has 0 bridgehead atoms. The molecule has 0 radical (unpaired) electrons. The maximum absolute atomic E-state index is 12.6. The minimum Gasteiger partial charge on any atom is -0.477 e. The highest BCUT2D eigenvalue weighted by atomic mass is 16.4. The summed E-state index contributed by atoms with van der Waals surface area (Å²) >= 11 is 0. The number of rotatable bonds is 2. The number of hydrogen-bond acceptors (Lipinski definition) is 3. The highest BCUT2D eigenvalue weighted by Gasteiger charge is 2.35. The molecule has 0 amide bonds. The second-order valence-corrected chi connectivity index (χ2v) is 8.96. The van der Waals surface area contributed by atoms with Gasteiger partial charge in [0.2, 0.25) is 0 Å². The van der Waals surface area contributed by atoms with Crippen molar-refractivity contribution in [1.29, 1.82) is 0 Å². The lowest BCUT2D eigenvalue weighted by Crippen LogP contribution is -2.33. The van der Waals surface area contributed by atoms with Crippen LogP contribution in [0, 0.1) is 5.41 Å². The minimum atomic E-state index is -1.20. The molecular formula is C24H22N2O4. The van der Waals surface area contributed by atoms with E-state index in [0.29, 0.717) is 0 Å². The van der Waals surface area contributed by atoms with E-state index in [-0.39, 0.29) is 17.0 Å². The summed E-state index contributed by atoms with van der Waals surface area (Å²) < 4.78 is 7.27. The maximum atomic E-state index is 12.6. The third kappa shape index (κ3) is 2.64. The zero-order chi connectivity index (χ0) is 21.2. The molecule has 1 aliphatic rings. The molecule has 0 fully saturated rings. The largest absolute Gasteiger partial charge is 0.477 e. The zero-order valence-electron chi connectivity index (χ0n) is 17.0. The number of aromatic nitrogens is 2. The number of hydrogen-bond donors (Lipinski definition) is 2. The molecule has 0 saturated heterocycles. The Bertz CT molecular complexity index is 1350. The van der Waals surface area contributed by atoms with Crippen LogP contribution in [0.2, 0.25) is 0 Å². The van der Waals surface area contributed by atoms with E-state index in [1.807, 2.05) is 16.8 Å². The summed E-state index contributed by atoms with van der Waals surface area (Å²) in [4.78, 5) is 27.6. The van der Waals surface area contributed by atoms with Crippen LogP contribution in [0.3, 0.4) is 0 Å². The van der Waals surface area contributed by atoms with Crippen LogP contribution in [0.25, 0.3) is 33.3 Å². The number of nitrogens with one attached hydrogen (secondary N) is 1. The highest BCUT2D eigenvalue weighted by Crippen LogP contribution is 2.46. The molecule has 152 valence electrons. The van der Waals surface area contributed by atoms with Gasteiger partial charge >= 0.3 is 5.97 Å². The summed E-state index contributed by atoms with van der Waals surface area (Å²) in [7, 11) is 0. The number of H-pyrrole nitrogens is 1. The van der Waals surface area contributed by atoms with Crippen molar-refractivity contribution in [3.8, 4) is 22.4 Å². The van der Waals surface area contributed by atoms with Gasteiger partial charge in [0.05, 0.1) is 18.2 Å². The lowest BCUT2D eigenvalue weighted by Gasteiger charge is -2.39. The molecule has 30 heavy (non-hydrogen) atoms. The summed E-state index contributed by atoms with van der Waals surface area (Å²) in [6.45, 7) is 6.41. The van der Waals surface area contributed by atoms with E-state index in [9.17, 15) is 14.7 Å².